The van der Waals surface area contributed by atoms with Gasteiger partial charge in [-0.2, -0.15) is 0 Å². The van der Waals surface area contributed by atoms with Gasteiger partial charge in [0.2, 0.25) is 0 Å². The number of anilines is 3. The highest BCUT2D eigenvalue weighted by Gasteiger charge is 2.22. The molecule has 134 valence electrons. The summed E-state index contributed by atoms with van der Waals surface area (Å²) < 4.78 is 0. The van der Waals surface area contributed by atoms with Gasteiger partial charge in [0.1, 0.15) is 0 Å². The van der Waals surface area contributed by atoms with E-state index in [1.54, 1.807) is 0 Å². The summed E-state index contributed by atoms with van der Waals surface area (Å²) in [6.07, 6.45) is 2.14. The van der Waals surface area contributed by atoms with Crippen LogP contribution in [0, 0.1) is 0 Å². The minimum absolute atomic E-state index is 1.07. The van der Waals surface area contributed by atoms with Gasteiger partial charge in [0.15, 0.2) is 0 Å². The van der Waals surface area contributed by atoms with Crippen molar-refractivity contribution in [2.24, 2.45) is 0 Å². The minimum atomic E-state index is 1.07. The van der Waals surface area contributed by atoms with E-state index >= 15 is 0 Å². The number of para-hydroxylation sites is 3. The standard InChI is InChI=1S/C26H20N2/c1-5-11-25-18(7-1)13-14-19-8-2-6-12-26(19)28(25)20-15-16-24-22(17-20)21-9-3-4-10-23(21)27-24/h1-12,15-17,27H,13-14H2. The van der Waals surface area contributed by atoms with Crippen LogP contribution in [0.4, 0.5) is 17.1 Å². The normalized spacial score (nSPS) is 13.4. The Morgan fingerprint density at radius 1 is 0.571 bits per heavy atom. The Hall–Kier alpha value is -3.52. The molecule has 0 amide bonds. The van der Waals surface area contributed by atoms with Gasteiger partial charge in [-0.05, 0) is 60.4 Å². The van der Waals surface area contributed by atoms with Crippen LogP contribution in [-0.2, 0) is 12.8 Å². The first-order valence-corrected chi connectivity index (χ1v) is 9.85. The quantitative estimate of drug-likeness (QED) is 0.345. The number of nitrogens with zero attached hydrogens (tertiary/aromatic N) is 1. The van der Waals surface area contributed by atoms with Crippen molar-refractivity contribution >= 4 is 38.9 Å². The summed E-state index contributed by atoms with van der Waals surface area (Å²) in [5.41, 5.74) is 8.94. The summed E-state index contributed by atoms with van der Waals surface area (Å²) in [7, 11) is 0. The van der Waals surface area contributed by atoms with Gasteiger partial charge in [0.25, 0.3) is 0 Å². The molecule has 0 saturated heterocycles. The topological polar surface area (TPSA) is 19.0 Å². The van der Waals surface area contributed by atoms with Gasteiger partial charge in [0.05, 0.1) is 0 Å². The van der Waals surface area contributed by atoms with E-state index in [-0.39, 0.29) is 0 Å². The Kier molecular flexibility index (Phi) is 3.33. The molecular weight excluding hydrogens is 340 g/mol. The van der Waals surface area contributed by atoms with Crippen molar-refractivity contribution in [2.75, 3.05) is 4.90 Å². The maximum absolute atomic E-state index is 3.54. The molecule has 0 unspecified atom stereocenters. The maximum Gasteiger partial charge on any atom is 0.0493 e. The van der Waals surface area contributed by atoms with E-state index in [0.29, 0.717) is 0 Å². The van der Waals surface area contributed by atoms with E-state index in [1.807, 2.05) is 0 Å². The van der Waals surface area contributed by atoms with Crippen LogP contribution in [0.3, 0.4) is 0 Å². The number of hydrogen-bond acceptors (Lipinski definition) is 1. The molecule has 5 aromatic rings. The van der Waals surface area contributed by atoms with Crippen molar-refractivity contribution in [3.8, 4) is 0 Å². The summed E-state index contributed by atoms with van der Waals surface area (Å²) in [5.74, 6) is 0. The fourth-order valence-corrected chi connectivity index (χ4v) is 4.53. The molecule has 28 heavy (non-hydrogen) atoms. The predicted molar refractivity (Wildman–Crippen MR) is 118 cm³/mol. The third kappa shape index (κ3) is 2.28. The fraction of sp³-hybridized carbons (Fsp3) is 0.0769. The number of fused-ring (bicyclic) bond motifs is 5. The second-order valence-corrected chi connectivity index (χ2v) is 7.49. The molecule has 0 spiro atoms. The predicted octanol–water partition coefficient (Wildman–Crippen LogP) is 6.89. The fourth-order valence-electron chi connectivity index (χ4n) is 4.53. The molecule has 2 nitrogen and oxygen atoms in total. The van der Waals surface area contributed by atoms with Crippen LogP contribution in [0.25, 0.3) is 21.8 Å². The zero-order valence-electron chi connectivity index (χ0n) is 15.5. The summed E-state index contributed by atoms with van der Waals surface area (Å²) in [4.78, 5) is 5.97. The lowest BCUT2D eigenvalue weighted by Gasteiger charge is -2.27. The van der Waals surface area contributed by atoms with E-state index in [1.165, 1.54) is 50.0 Å². The smallest absolute Gasteiger partial charge is 0.0493 e. The molecule has 1 aromatic heterocycles. The molecule has 0 aliphatic carbocycles. The Morgan fingerprint density at radius 2 is 1.18 bits per heavy atom. The number of aromatic nitrogens is 1. The van der Waals surface area contributed by atoms with Crippen molar-refractivity contribution in [1.82, 2.24) is 4.98 Å². The van der Waals surface area contributed by atoms with Crippen molar-refractivity contribution in [3.63, 3.8) is 0 Å². The first kappa shape index (κ1) is 15.5. The van der Waals surface area contributed by atoms with Gasteiger partial charge in [-0.3, -0.25) is 0 Å². The van der Waals surface area contributed by atoms with Crippen LogP contribution in [0.1, 0.15) is 11.1 Å². The van der Waals surface area contributed by atoms with Gasteiger partial charge in [-0.1, -0.05) is 54.6 Å². The minimum Gasteiger partial charge on any atom is -0.355 e. The van der Waals surface area contributed by atoms with Crippen LogP contribution < -0.4 is 4.90 Å². The summed E-state index contributed by atoms with van der Waals surface area (Å²) in [6.45, 7) is 0. The van der Waals surface area contributed by atoms with Gasteiger partial charge in [0, 0.05) is 38.9 Å². The number of rotatable bonds is 1. The van der Waals surface area contributed by atoms with Gasteiger partial charge < -0.3 is 9.88 Å². The molecule has 4 aromatic carbocycles. The van der Waals surface area contributed by atoms with Crippen molar-refractivity contribution < 1.29 is 0 Å². The number of aromatic amines is 1. The lowest BCUT2D eigenvalue weighted by molar-refractivity contribution is 0.977. The second kappa shape index (κ2) is 6.00. The van der Waals surface area contributed by atoms with Crippen molar-refractivity contribution in [3.05, 3.63) is 102 Å². The molecule has 6 rings (SSSR count). The average Bonchev–Trinajstić information content (AvgIpc) is 3.03. The van der Waals surface area contributed by atoms with Crippen LogP contribution in [-0.4, -0.2) is 4.98 Å². The molecule has 1 aliphatic rings. The van der Waals surface area contributed by atoms with E-state index in [0.717, 1.165) is 12.8 Å². The molecule has 0 atom stereocenters. The van der Waals surface area contributed by atoms with Crippen LogP contribution in [0.2, 0.25) is 0 Å². The number of H-pyrrole nitrogens is 1. The lowest BCUT2D eigenvalue weighted by Crippen LogP contribution is -2.11. The van der Waals surface area contributed by atoms with Crippen molar-refractivity contribution in [1.29, 1.82) is 0 Å². The Labute approximate surface area is 164 Å². The van der Waals surface area contributed by atoms with E-state index in [9.17, 15) is 0 Å². The first-order chi connectivity index (χ1) is 13.9. The van der Waals surface area contributed by atoms with Crippen LogP contribution >= 0.6 is 0 Å². The number of aryl methyl sites for hydroxylation is 2. The maximum atomic E-state index is 3.54. The Morgan fingerprint density at radius 3 is 1.93 bits per heavy atom. The van der Waals surface area contributed by atoms with Crippen molar-refractivity contribution in [2.45, 2.75) is 12.8 Å². The van der Waals surface area contributed by atoms with E-state index < -0.39 is 0 Å². The highest BCUT2D eigenvalue weighted by atomic mass is 15.1. The summed E-state index contributed by atoms with van der Waals surface area (Å²) in [5, 5.41) is 2.54. The molecule has 1 N–H and O–H groups in total. The van der Waals surface area contributed by atoms with Crippen LogP contribution in [0.15, 0.2) is 91.0 Å². The molecule has 0 bridgehead atoms. The number of hydrogen-bond donors (Lipinski definition) is 1. The average molecular weight is 360 g/mol. The third-order valence-corrected chi connectivity index (χ3v) is 5.88. The first-order valence-electron chi connectivity index (χ1n) is 9.85. The number of benzene rings is 4. The monoisotopic (exact) mass is 360 g/mol. The zero-order valence-corrected chi connectivity index (χ0v) is 15.5. The highest BCUT2D eigenvalue weighted by molar-refractivity contribution is 6.08. The second-order valence-electron chi connectivity index (χ2n) is 7.49. The van der Waals surface area contributed by atoms with Gasteiger partial charge in [-0.25, -0.2) is 0 Å². The van der Waals surface area contributed by atoms with Gasteiger partial charge >= 0.3 is 0 Å². The molecule has 0 fully saturated rings. The zero-order chi connectivity index (χ0) is 18.5. The summed E-state index contributed by atoms with van der Waals surface area (Å²) in [6, 6.07) is 32.9. The number of nitrogens with one attached hydrogen (secondary N) is 1. The van der Waals surface area contributed by atoms with E-state index in [4.69, 9.17) is 0 Å². The molecule has 2 heterocycles. The SMILES string of the molecule is c1ccc2c(c1)CCc1ccccc1N2c1ccc2[nH]c3ccccc3c2c1. The Bertz CT molecular complexity index is 1280. The largest absolute Gasteiger partial charge is 0.355 e. The van der Waals surface area contributed by atoms with Crippen LogP contribution in [0.5, 0.6) is 0 Å². The molecule has 0 saturated carbocycles. The third-order valence-electron chi connectivity index (χ3n) is 5.88. The molecule has 1 aliphatic heterocycles. The van der Waals surface area contributed by atoms with E-state index in [2.05, 4.69) is 101 Å². The molecular formula is C26H20N2. The molecule has 2 heteroatoms. The van der Waals surface area contributed by atoms with Gasteiger partial charge in [-0.15, -0.1) is 0 Å². The molecule has 0 radical (unpaired) electrons. The Balaban J connectivity index is 1.64. The lowest BCUT2D eigenvalue weighted by atomic mass is 10.0. The highest BCUT2D eigenvalue weighted by Crippen LogP contribution is 2.42. The summed E-state index contributed by atoms with van der Waals surface area (Å²) >= 11 is 0.